The Balaban J connectivity index is 1.77. The van der Waals surface area contributed by atoms with Crippen LogP contribution in [-0.2, 0) is 22.1 Å². The molecule has 3 heterocycles. The molecule has 0 aliphatic carbocycles. The zero-order chi connectivity index (χ0) is 25.0. The highest BCUT2D eigenvalue weighted by atomic mass is 28.4. The maximum Gasteiger partial charge on any atom is 0.347 e. The van der Waals surface area contributed by atoms with E-state index in [0.29, 0.717) is 17.7 Å². The molecular formula is C26H34N2O5Si. The van der Waals surface area contributed by atoms with Crippen molar-refractivity contribution in [2.75, 3.05) is 7.11 Å². The maximum absolute atomic E-state index is 12.6. The zero-order valence-corrected chi connectivity index (χ0v) is 22.0. The van der Waals surface area contributed by atoms with Crippen molar-refractivity contribution in [2.45, 2.75) is 71.3 Å². The number of nitrogens with zero attached hydrogens (tertiary/aromatic N) is 1. The average Bonchev–Trinajstić information content (AvgIpc) is 3.31. The van der Waals surface area contributed by atoms with E-state index in [1.807, 2.05) is 25.1 Å². The van der Waals surface area contributed by atoms with E-state index in [1.54, 1.807) is 0 Å². The topological polar surface area (TPSA) is 93.6 Å². The lowest BCUT2D eigenvalue weighted by molar-refractivity contribution is 0.0595. The molecule has 1 atom stereocenters. The van der Waals surface area contributed by atoms with Crippen LogP contribution in [0.4, 0.5) is 0 Å². The predicted octanol–water partition coefficient (Wildman–Crippen LogP) is 5.52. The van der Waals surface area contributed by atoms with Gasteiger partial charge in [-0.05, 0) is 54.7 Å². The molecule has 0 radical (unpaired) electrons. The number of aromatic nitrogens is 2. The van der Waals surface area contributed by atoms with Gasteiger partial charge in [-0.25, -0.2) is 4.79 Å². The van der Waals surface area contributed by atoms with Gasteiger partial charge in [0.1, 0.15) is 5.75 Å². The van der Waals surface area contributed by atoms with Crippen LogP contribution in [0.5, 0.6) is 5.75 Å². The van der Waals surface area contributed by atoms with Crippen LogP contribution in [0.2, 0.25) is 18.1 Å². The number of esters is 1. The van der Waals surface area contributed by atoms with Gasteiger partial charge in [-0.2, -0.15) is 0 Å². The minimum Gasteiger partial charge on any atom is -0.506 e. The Morgan fingerprint density at radius 1 is 1.26 bits per heavy atom. The summed E-state index contributed by atoms with van der Waals surface area (Å²) in [6, 6.07) is 8.19. The second-order valence-electron chi connectivity index (χ2n) is 10.5. The number of carbonyl (C=O) groups excluding carboxylic acids is 1. The molecule has 1 aliphatic rings. The summed E-state index contributed by atoms with van der Waals surface area (Å²) >= 11 is 0. The Bertz CT molecular complexity index is 1330. The number of ether oxygens (including phenoxy) is 1. The fraction of sp³-hybridized carbons (Fsp3) is 0.462. The first-order valence-electron chi connectivity index (χ1n) is 11.8. The number of H-pyrrole nitrogens is 1. The van der Waals surface area contributed by atoms with E-state index >= 15 is 0 Å². The summed E-state index contributed by atoms with van der Waals surface area (Å²) < 4.78 is 13.7. The van der Waals surface area contributed by atoms with Crippen molar-refractivity contribution in [3.63, 3.8) is 0 Å². The largest absolute Gasteiger partial charge is 0.506 e. The molecule has 0 saturated heterocycles. The summed E-state index contributed by atoms with van der Waals surface area (Å²) in [4.78, 5) is 27.4. The van der Waals surface area contributed by atoms with Crippen molar-refractivity contribution >= 4 is 25.2 Å². The molecule has 182 valence electrons. The minimum absolute atomic E-state index is 0.0751. The highest BCUT2D eigenvalue weighted by Gasteiger charge is 2.41. The Morgan fingerprint density at radius 2 is 1.97 bits per heavy atom. The Morgan fingerprint density at radius 3 is 2.59 bits per heavy atom. The van der Waals surface area contributed by atoms with Gasteiger partial charge in [-0.1, -0.05) is 33.8 Å². The van der Waals surface area contributed by atoms with Crippen LogP contribution >= 0.6 is 0 Å². The van der Waals surface area contributed by atoms with Crippen LogP contribution in [0.3, 0.4) is 0 Å². The number of hydrogen-bond acceptors (Lipinski definition) is 5. The number of nitrogens with one attached hydrogen (secondary N) is 1. The molecule has 0 spiro atoms. The number of aromatic amines is 1. The van der Waals surface area contributed by atoms with Gasteiger partial charge >= 0.3 is 5.97 Å². The number of carbonyl (C=O) groups is 1. The summed E-state index contributed by atoms with van der Waals surface area (Å²) in [5.41, 5.74) is 3.07. The van der Waals surface area contributed by atoms with Crippen LogP contribution in [0.1, 0.15) is 61.8 Å². The molecule has 2 N–H and O–H groups in total. The van der Waals surface area contributed by atoms with Crippen LogP contribution in [-0.4, -0.2) is 36.1 Å². The van der Waals surface area contributed by atoms with Gasteiger partial charge in [-0.15, -0.1) is 0 Å². The summed E-state index contributed by atoms with van der Waals surface area (Å²) in [6.45, 7) is 14.1. The van der Waals surface area contributed by atoms with Crippen molar-refractivity contribution in [3.05, 3.63) is 51.4 Å². The Labute approximate surface area is 200 Å². The molecule has 0 amide bonds. The van der Waals surface area contributed by atoms with E-state index in [-0.39, 0.29) is 22.5 Å². The van der Waals surface area contributed by atoms with Gasteiger partial charge in [-0.3, -0.25) is 4.79 Å². The summed E-state index contributed by atoms with van der Waals surface area (Å²) in [6.07, 6.45) is 1.48. The van der Waals surface area contributed by atoms with Crippen LogP contribution in [0.25, 0.3) is 22.2 Å². The van der Waals surface area contributed by atoms with Gasteiger partial charge in [0.05, 0.1) is 18.9 Å². The van der Waals surface area contributed by atoms with E-state index in [0.717, 1.165) is 29.4 Å². The third kappa shape index (κ3) is 3.88. The predicted molar refractivity (Wildman–Crippen MR) is 136 cm³/mol. The van der Waals surface area contributed by atoms with Gasteiger partial charge in [0.15, 0.2) is 13.9 Å². The van der Waals surface area contributed by atoms with Crippen LogP contribution in [0.15, 0.2) is 29.1 Å². The molecule has 0 fully saturated rings. The number of methoxy groups -OCH3 is 1. The molecule has 0 bridgehead atoms. The van der Waals surface area contributed by atoms with Crippen molar-refractivity contribution in [2.24, 2.45) is 0 Å². The third-order valence-corrected chi connectivity index (χ3v) is 11.9. The monoisotopic (exact) mass is 482 g/mol. The first-order chi connectivity index (χ1) is 15.9. The maximum atomic E-state index is 12.6. The van der Waals surface area contributed by atoms with E-state index in [9.17, 15) is 14.7 Å². The summed E-state index contributed by atoms with van der Waals surface area (Å²) in [7, 11) is -0.729. The Hall–Kier alpha value is -2.84. The van der Waals surface area contributed by atoms with Gasteiger partial charge in [0.2, 0.25) is 0 Å². The highest BCUT2D eigenvalue weighted by molar-refractivity contribution is 6.74. The molecule has 1 unspecified atom stereocenters. The zero-order valence-electron chi connectivity index (χ0n) is 21.0. The molecule has 1 aliphatic heterocycles. The van der Waals surface area contributed by atoms with Gasteiger partial charge in [0, 0.05) is 28.7 Å². The SMILES string of the molecule is CCc1c(-c2ccc3c(c2)cc2n3CCC2O[Si](C)(C)C(C)(C)C)[nH]c(=O)c(C(=O)OC)c1O. The molecule has 0 saturated carbocycles. The van der Waals surface area contributed by atoms with Crippen molar-refractivity contribution in [1.29, 1.82) is 0 Å². The Kier molecular flexibility index (Phi) is 6.02. The number of rotatable bonds is 5. The average molecular weight is 483 g/mol. The number of aryl methyl sites for hydroxylation is 1. The first kappa shape index (κ1) is 24.3. The third-order valence-electron chi connectivity index (χ3n) is 7.44. The van der Waals surface area contributed by atoms with Crippen LogP contribution < -0.4 is 5.56 Å². The lowest BCUT2D eigenvalue weighted by atomic mass is 9.99. The molecule has 4 rings (SSSR count). The molecule has 7 nitrogen and oxygen atoms in total. The molecule has 1 aromatic carbocycles. The van der Waals surface area contributed by atoms with E-state index in [4.69, 9.17) is 4.43 Å². The molecule has 2 aromatic heterocycles. The minimum atomic E-state index is -1.91. The quantitative estimate of drug-likeness (QED) is 0.369. The smallest absolute Gasteiger partial charge is 0.347 e. The molecule has 8 heteroatoms. The molecule has 3 aromatic rings. The van der Waals surface area contributed by atoms with Gasteiger partial charge in [0.25, 0.3) is 5.56 Å². The fourth-order valence-corrected chi connectivity index (χ4v) is 5.82. The van der Waals surface area contributed by atoms with Crippen LogP contribution in [0, 0.1) is 0 Å². The molecular weight excluding hydrogens is 448 g/mol. The van der Waals surface area contributed by atoms with E-state index < -0.39 is 19.8 Å². The second kappa shape index (κ2) is 8.43. The van der Waals surface area contributed by atoms with E-state index in [2.05, 4.69) is 54.2 Å². The number of hydrogen-bond donors (Lipinski definition) is 2. The summed E-state index contributed by atoms with van der Waals surface area (Å²) in [5, 5.41) is 11.9. The number of benzene rings is 1. The lowest BCUT2D eigenvalue weighted by Crippen LogP contribution is -2.41. The van der Waals surface area contributed by atoms with Gasteiger partial charge < -0.3 is 23.8 Å². The second-order valence-corrected chi connectivity index (χ2v) is 15.3. The standard InChI is InChI=1S/C26H34N2O5Si/c1-8-17-22(27-24(30)21(23(17)29)25(31)32-5)15-9-10-18-16(13-15)14-19-20(11-12-28(18)19)33-34(6,7)26(2,3)4/h9-10,13-14,20H,8,11-12H2,1-7H3,(H2,27,29,30). The van der Waals surface area contributed by atoms with Crippen molar-refractivity contribution in [3.8, 4) is 17.0 Å². The normalized spacial score (nSPS) is 16.1. The van der Waals surface area contributed by atoms with Crippen molar-refractivity contribution < 1.29 is 19.1 Å². The number of fused-ring (bicyclic) bond motifs is 3. The fourth-order valence-electron chi connectivity index (χ4n) is 4.52. The number of aromatic hydroxyl groups is 1. The van der Waals surface area contributed by atoms with Crippen molar-refractivity contribution in [1.82, 2.24) is 9.55 Å². The molecule has 34 heavy (non-hydrogen) atoms. The highest BCUT2D eigenvalue weighted by Crippen LogP contribution is 2.44. The number of pyridine rings is 1. The van der Waals surface area contributed by atoms with E-state index in [1.165, 1.54) is 12.8 Å². The first-order valence-corrected chi connectivity index (χ1v) is 14.7. The summed E-state index contributed by atoms with van der Waals surface area (Å²) in [5.74, 6) is -1.18. The lowest BCUT2D eigenvalue weighted by Gasteiger charge is -2.38.